The lowest BCUT2D eigenvalue weighted by Crippen LogP contribution is -2.39. The first kappa shape index (κ1) is 14.2. The van der Waals surface area contributed by atoms with Crippen LogP contribution in [0.15, 0.2) is 42.1 Å². The maximum atomic E-state index is 5.35. The molecule has 1 nitrogen and oxygen atoms in total. The molecule has 0 spiro atoms. The molecule has 1 rings (SSSR count). The lowest BCUT2D eigenvalue weighted by molar-refractivity contribution is 0.0899. The van der Waals surface area contributed by atoms with Gasteiger partial charge in [-0.25, -0.2) is 0 Å². The van der Waals surface area contributed by atoms with Crippen LogP contribution in [0, 0.1) is 5.92 Å². The summed E-state index contributed by atoms with van der Waals surface area (Å²) in [7, 11) is 0.336. The summed E-state index contributed by atoms with van der Waals surface area (Å²) in [6, 6.07) is 10.8. The number of hydrogen-bond donors (Lipinski definition) is 0. The van der Waals surface area contributed by atoms with Crippen LogP contribution in [-0.4, -0.2) is 21.3 Å². The van der Waals surface area contributed by atoms with Crippen LogP contribution in [0.4, 0.5) is 0 Å². The van der Waals surface area contributed by atoms with Gasteiger partial charge < -0.3 is 4.74 Å². The van der Waals surface area contributed by atoms with Crippen molar-refractivity contribution < 1.29 is 4.74 Å². The predicted octanol–water partition coefficient (Wildman–Crippen LogP) is 3.37. The molecule has 0 saturated heterocycles. The van der Waals surface area contributed by atoms with E-state index >= 15 is 0 Å². The number of hydrogen-bond acceptors (Lipinski definition) is 1. The minimum atomic E-state index is -1.44. The predicted molar refractivity (Wildman–Crippen MR) is 78.3 cm³/mol. The number of rotatable bonds is 5. The summed E-state index contributed by atoms with van der Waals surface area (Å²) in [6.45, 7) is 9.08. The Hall–Kier alpha value is -0.863. The number of benzene rings is 1. The molecule has 0 N–H and O–H groups in total. The average Bonchev–Trinajstić information content (AvgIpc) is 2.36. The summed E-state index contributed by atoms with van der Waals surface area (Å²) in [5.41, 5.74) is 2.42. The molecule has 0 aliphatic heterocycles. The Morgan fingerprint density at radius 2 is 1.71 bits per heavy atom. The van der Waals surface area contributed by atoms with Crippen molar-refractivity contribution in [1.29, 1.82) is 0 Å². The summed E-state index contributed by atoms with van der Waals surface area (Å²) in [5, 5.41) is 1.48. The molecule has 0 fully saturated rings. The third kappa shape index (κ3) is 4.13. The molecule has 0 bridgehead atoms. The van der Waals surface area contributed by atoms with E-state index in [0.717, 1.165) is 0 Å². The Kier molecular flexibility index (Phi) is 5.16. The zero-order valence-corrected chi connectivity index (χ0v) is 12.6. The van der Waals surface area contributed by atoms with Crippen LogP contribution >= 0.6 is 0 Å². The van der Waals surface area contributed by atoms with Gasteiger partial charge in [0.2, 0.25) is 0 Å². The van der Waals surface area contributed by atoms with E-state index in [1.54, 1.807) is 7.11 Å². The smallest absolute Gasteiger partial charge is 0.103 e. The molecule has 0 amide bonds. The number of methoxy groups -OCH3 is 1. The third-order valence-electron chi connectivity index (χ3n) is 3.45. The summed E-state index contributed by atoms with van der Waals surface area (Å²) < 4.78 is 5.35. The minimum absolute atomic E-state index is 0.284. The van der Waals surface area contributed by atoms with E-state index in [1.807, 2.05) is 0 Å². The topological polar surface area (TPSA) is 9.23 Å². The first-order chi connectivity index (χ1) is 7.97. The molecule has 0 unspecified atom stereocenters. The van der Waals surface area contributed by atoms with Crippen molar-refractivity contribution in [3.05, 3.63) is 42.1 Å². The maximum Gasteiger partial charge on any atom is 0.103 e. The standard InChI is InChI=1S/C15H24OSi/c1-13(14(2)16-3)11-12-17(4,5)15-9-7-6-8-10-15/h6-14H,1-5H3/b12-11+/t13-,14-/m0/s1. The van der Waals surface area contributed by atoms with Crippen molar-refractivity contribution in [3.8, 4) is 0 Å². The minimum Gasteiger partial charge on any atom is -0.381 e. The van der Waals surface area contributed by atoms with Crippen LogP contribution in [0.3, 0.4) is 0 Å². The van der Waals surface area contributed by atoms with Gasteiger partial charge in [-0.3, -0.25) is 0 Å². The van der Waals surface area contributed by atoms with E-state index < -0.39 is 8.07 Å². The first-order valence-corrected chi connectivity index (χ1v) is 9.33. The molecule has 0 aromatic heterocycles. The van der Waals surface area contributed by atoms with E-state index in [0.29, 0.717) is 5.92 Å². The third-order valence-corrected chi connectivity index (χ3v) is 6.29. The van der Waals surface area contributed by atoms with Crippen molar-refractivity contribution in [2.75, 3.05) is 7.11 Å². The van der Waals surface area contributed by atoms with Gasteiger partial charge in [-0.05, 0) is 12.8 Å². The highest BCUT2D eigenvalue weighted by molar-refractivity contribution is 6.93. The van der Waals surface area contributed by atoms with E-state index in [9.17, 15) is 0 Å². The average molecular weight is 248 g/mol. The molecule has 17 heavy (non-hydrogen) atoms. The van der Waals surface area contributed by atoms with E-state index in [4.69, 9.17) is 4.74 Å². The van der Waals surface area contributed by atoms with Crippen LogP contribution in [-0.2, 0) is 4.74 Å². The van der Waals surface area contributed by atoms with Crippen LogP contribution in [0.5, 0.6) is 0 Å². The quantitative estimate of drug-likeness (QED) is 0.726. The van der Waals surface area contributed by atoms with Gasteiger partial charge in [-0.1, -0.05) is 67.3 Å². The van der Waals surface area contributed by atoms with Gasteiger partial charge in [0.25, 0.3) is 0 Å². The molecular formula is C15H24OSi. The Balaban J connectivity index is 2.76. The van der Waals surface area contributed by atoms with Crippen molar-refractivity contribution in [1.82, 2.24) is 0 Å². The summed E-state index contributed by atoms with van der Waals surface area (Å²) >= 11 is 0. The SMILES string of the molecule is CO[C@@H](C)[C@@H](C)/C=C/[Si](C)(C)c1ccccc1. The Bertz CT molecular complexity index is 356. The lowest BCUT2D eigenvalue weighted by atomic mass is 10.1. The summed E-state index contributed by atoms with van der Waals surface area (Å²) in [5.74, 6) is 0.468. The molecule has 94 valence electrons. The molecular weight excluding hydrogens is 224 g/mol. The molecule has 1 aromatic rings. The lowest BCUT2D eigenvalue weighted by Gasteiger charge is -2.20. The molecule has 0 heterocycles. The van der Waals surface area contributed by atoms with Crippen LogP contribution in [0.25, 0.3) is 0 Å². The fourth-order valence-electron chi connectivity index (χ4n) is 1.73. The first-order valence-electron chi connectivity index (χ1n) is 6.25. The Morgan fingerprint density at radius 1 is 1.12 bits per heavy atom. The normalized spacial score (nSPS) is 16.1. The van der Waals surface area contributed by atoms with Gasteiger partial charge >= 0.3 is 0 Å². The summed E-state index contributed by atoms with van der Waals surface area (Å²) in [6.07, 6.45) is 2.60. The molecule has 2 atom stereocenters. The largest absolute Gasteiger partial charge is 0.381 e. The molecule has 0 saturated carbocycles. The van der Waals surface area contributed by atoms with Crippen LogP contribution in [0.1, 0.15) is 13.8 Å². The Labute approximate surface area is 107 Å². The molecule has 1 aromatic carbocycles. The summed E-state index contributed by atoms with van der Waals surface area (Å²) in [4.78, 5) is 0. The van der Waals surface area contributed by atoms with Crippen molar-refractivity contribution in [2.45, 2.75) is 33.0 Å². The van der Waals surface area contributed by atoms with Gasteiger partial charge in [0.05, 0.1) is 6.10 Å². The monoisotopic (exact) mass is 248 g/mol. The van der Waals surface area contributed by atoms with Crippen LogP contribution in [0.2, 0.25) is 13.1 Å². The highest BCUT2D eigenvalue weighted by Crippen LogP contribution is 2.11. The van der Waals surface area contributed by atoms with E-state index in [2.05, 4.69) is 69.0 Å². The van der Waals surface area contributed by atoms with Gasteiger partial charge in [0.15, 0.2) is 0 Å². The fraction of sp³-hybridized carbons (Fsp3) is 0.467. The maximum absolute atomic E-state index is 5.35. The molecule has 2 heteroatoms. The number of ether oxygens (including phenoxy) is 1. The van der Waals surface area contributed by atoms with Gasteiger partial charge in [0.1, 0.15) is 8.07 Å². The fourth-order valence-corrected chi connectivity index (χ4v) is 3.76. The zero-order chi connectivity index (χ0) is 12.9. The van der Waals surface area contributed by atoms with E-state index in [1.165, 1.54) is 5.19 Å². The van der Waals surface area contributed by atoms with E-state index in [-0.39, 0.29) is 6.10 Å². The Morgan fingerprint density at radius 3 is 2.24 bits per heavy atom. The highest BCUT2D eigenvalue weighted by atomic mass is 28.3. The van der Waals surface area contributed by atoms with Crippen molar-refractivity contribution >= 4 is 13.3 Å². The second-order valence-electron chi connectivity index (χ2n) is 5.25. The molecule has 0 aliphatic carbocycles. The van der Waals surface area contributed by atoms with Crippen LogP contribution < -0.4 is 5.19 Å². The molecule has 0 aliphatic rings. The molecule has 0 radical (unpaired) electrons. The van der Waals surface area contributed by atoms with Gasteiger partial charge in [-0.2, -0.15) is 0 Å². The second-order valence-corrected chi connectivity index (χ2v) is 9.60. The highest BCUT2D eigenvalue weighted by Gasteiger charge is 2.20. The van der Waals surface area contributed by atoms with Crippen molar-refractivity contribution in [2.24, 2.45) is 5.92 Å². The van der Waals surface area contributed by atoms with Gasteiger partial charge in [-0.15, -0.1) is 0 Å². The zero-order valence-electron chi connectivity index (χ0n) is 11.6. The van der Waals surface area contributed by atoms with Crippen molar-refractivity contribution in [3.63, 3.8) is 0 Å². The second kappa shape index (κ2) is 6.17. The van der Waals surface area contributed by atoms with Gasteiger partial charge in [0, 0.05) is 7.11 Å².